The molecule has 1 N–H and O–H groups in total. The van der Waals surface area contributed by atoms with E-state index >= 15 is 0 Å². The molecule has 0 amide bonds. The van der Waals surface area contributed by atoms with Crippen LogP contribution in [0.1, 0.15) is 18.4 Å². The fourth-order valence-electron chi connectivity index (χ4n) is 5.40. The second kappa shape index (κ2) is 8.61. The molecule has 34 heavy (non-hydrogen) atoms. The molecule has 166 valence electrons. The van der Waals surface area contributed by atoms with Crippen molar-refractivity contribution in [1.82, 2.24) is 5.32 Å². The maximum atomic E-state index is 9.46. The number of hydrogen-bond acceptors (Lipinski definition) is 4. The van der Waals surface area contributed by atoms with Crippen molar-refractivity contribution >= 4 is 22.6 Å². The zero-order valence-corrected chi connectivity index (χ0v) is 18.9. The van der Waals surface area contributed by atoms with Crippen LogP contribution in [0.15, 0.2) is 115 Å². The van der Waals surface area contributed by atoms with E-state index in [0.717, 1.165) is 29.7 Å². The normalized spacial score (nSPS) is 22.6. The number of nitrogens with zero attached hydrogens (tertiary/aromatic N) is 3. The molecule has 0 saturated heterocycles. The Labute approximate surface area is 200 Å². The third-order valence-corrected chi connectivity index (χ3v) is 6.89. The van der Waals surface area contributed by atoms with Gasteiger partial charge in [-0.2, -0.15) is 5.26 Å². The molecule has 2 heterocycles. The summed E-state index contributed by atoms with van der Waals surface area (Å²) in [7, 11) is 0. The first kappa shape index (κ1) is 20.4. The number of fused-ring (bicyclic) bond motifs is 2. The summed E-state index contributed by atoms with van der Waals surface area (Å²) < 4.78 is 0. The van der Waals surface area contributed by atoms with Crippen LogP contribution in [0.5, 0.6) is 0 Å². The first-order valence-corrected chi connectivity index (χ1v) is 11.9. The van der Waals surface area contributed by atoms with E-state index < -0.39 is 0 Å². The van der Waals surface area contributed by atoms with Gasteiger partial charge in [0.15, 0.2) is 0 Å². The zero-order chi connectivity index (χ0) is 22.9. The number of nitrogens with one attached hydrogen (secondary N) is 1. The fraction of sp³-hybridized carbons (Fsp3) is 0.167. The molecule has 2 atom stereocenters. The number of rotatable bonds is 3. The summed E-state index contributed by atoms with van der Waals surface area (Å²) >= 11 is 0. The Hall–Kier alpha value is -4.23. The Morgan fingerprint density at radius 3 is 2.29 bits per heavy atom. The van der Waals surface area contributed by atoms with E-state index in [1.165, 1.54) is 17.1 Å². The van der Waals surface area contributed by atoms with Crippen molar-refractivity contribution in [3.8, 4) is 6.07 Å². The first-order chi connectivity index (χ1) is 16.8. The zero-order valence-electron chi connectivity index (χ0n) is 18.9. The van der Waals surface area contributed by atoms with Gasteiger partial charge >= 0.3 is 0 Å². The molecule has 0 aromatic heterocycles. The molecule has 6 rings (SSSR count). The summed E-state index contributed by atoms with van der Waals surface area (Å²) in [6, 6.07) is 19.9. The van der Waals surface area contributed by atoms with Crippen molar-refractivity contribution in [3.63, 3.8) is 0 Å². The lowest BCUT2D eigenvalue weighted by molar-refractivity contribution is 0.609. The topological polar surface area (TPSA) is 42.3 Å². The van der Waals surface area contributed by atoms with Crippen LogP contribution in [-0.4, -0.2) is 18.6 Å². The molecular weight excluding hydrogens is 416 g/mol. The van der Waals surface area contributed by atoms with Gasteiger partial charge in [0.05, 0.1) is 23.5 Å². The van der Waals surface area contributed by atoms with Gasteiger partial charge in [0.2, 0.25) is 0 Å². The summed E-state index contributed by atoms with van der Waals surface area (Å²) in [6.45, 7) is 0.657. The molecule has 0 spiro atoms. The van der Waals surface area contributed by atoms with Crippen molar-refractivity contribution in [2.45, 2.75) is 24.9 Å². The lowest BCUT2D eigenvalue weighted by Crippen LogP contribution is -2.53. The highest BCUT2D eigenvalue weighted by atomic mass is 15.3. The summed E-state index contributed by atoms with van der Waals surface area (Å²) in [5.41, 5.74) is 7.77. The molecule has 0 fully saturated rings. The van der Waals surface area contributed by atoms with E-state index in [0.29, 0.717) is 12.2 Å². The van der Waals surface area contributed by atoms with Gasteiger partial charge in [0, 0.05) is 23.5 Å². The van der Waals surface area contributed by atoms with Crippen molar-refractivity contribution in [2.24, 2.45) is 0 Å². The van der Waals surface area contributed by atoms with Crippen molar-refractivity contribution < 1.29 is 0 Å². The number of allylic oxidation sites excluding steroid dienone is 9. The van der Waals surface area contributed by atoms with Crippen molar-refractivity contribution in [3.05, 3.63) is 120 Å². The minimum Gasteiger partial charge on any atom is -0.373 e. The average molecular weight is 443 g/mol. The molecule has 0 radical (unpaired) electrons. The molecule has 0 bridgehead atoms. The van der Waals surface area contributed by atoms with E-state index in [9.17, 15) is 5.26 Å². The fourth-order valence-corrected chi connectivity index (χ4v) is 5.40. The quantitative estimate of drug-likeness (QED) is 0.620. The second-order valence-corrected chi connectivity index (χ2v) is 8.83. The van der Waals surface area contributed by atoms with E-state index in [1.54, 1.807) is 0 Å². The minimum absolute atomic E-state index is 0.148. The monoisotopic (exact) mass is 442 g/mol. The molecule has 2 aromatic rings. The second-order valence-electron chi connectivity index (χ2n) is 8.83. The van der Waals surface area contributed by atoms with Gasteiger partial charge in [-0.25, -0.2) is 0 Å². The molecule has 0 saturated carbocycles. The smallest absolute Gasteiger partial charge is 0.117 e. The Morgan fingerprint density at radius 1 is 0.853 bits per heavy atom. The predicted molar refractivity (Wildman–Crippen MR) is 139 cm³/mol. The largest absolute Gasteiger partial charge is 0.373 e. The molecule has 4 heteroatoms. The highest BCUT2D eigenvalue weighted by Gasteiger charge is 2.40. The SMILES string of the molecule is N#CC1=CC(c2ccccc2N2c3ccccc3N(C3=CC=CCC3)C3C=CC=CC32)=CCN1. The van der Waals surface area contributed by atoms with E-state index in [2.05, 4.69) is 118 Å². The number of nitriles is 1. The van der Waals surface area contributed by atoms with E-state index in [4.69, 9.17) is 0 Å². The molecule has 2 unspecified atom stereocenters. The summed E-state index contributed by atoms with van der Waals surface area (Å²) in [6.07, 6.45) is 21.9. The van der Waals surface area contributed by atoms with Crippen LogP contribution in [0.3, 0.4) is 0 Å². The summed E-state index contributed by atoms with van der Waals surface area (Å²) in [5.74, 6) is 0. The van der Waals surface area contributed by atoms with Gasteiger partial charge in [-0.15, -0.1) is 0 Å². The molecule has 2 aliphatic heterocycles. The minimum atomic E-state index is 0.148. The Bertz CT molecular complexity index is 1350. The Kier molecular flexibility index (Phi) is 5.16. The molecular formula is C30H26N4. The number of benzene rings is 2. The van der Waals surface area contributed by atoms with Gasteiger partial charge in [-0.05, 0) is 48.8 Å². The van der Waals surface area contributed by atoms with Gasteiger partial charge in [0.1, 0.15) is 11.8 Å². The third kappa shape index (κ3) is 3.38. The van der Waals surface area contributed by atoms with E-state index in [-0.39, 0.29) is 12.1 Å². The van der Waals surface area contributed by atoms with Crippen LogP contribution < -0.4 is 15.1 Å². The highest BCUT2D eigenvalue weighted by molar-refractivity contribution is 5.91. The lowest BCUT2D eigenvalue weighted by atomic mass is 9.90. The number of hydrogen-bond donors (Lipinski definition) is 1. The van der Waals surface area contributed by atoms with Gasteiger partial charge < -0.3 is 15.1 Å². The summed E-state index contributed by atoms with van der Waals surface area (Å²) in [5, 5.41) is 12.6. The van der Waals surface area contributed by atoms with Gasteiger partial charge in [-0.1, -0.05) is 72.9 Å². The molecule has 2 aromatic carbocycles. The number of dihydropyridines is 1. The van der Waals surface area contributed by atoms with Crippen molar-refractivity contribution in [2.75, 3.05) is 16.3 Å². The van der Waals surface area contributed by atoms with Crippen LogP contribution in [0.4, 0.5) is 17.1 Å². The van der Waals surface area contributed by atoms with Gasteiger partial charge in [-0.3, -0.25) is 0 Å². The Balaban J connectivity index is 1.54. The van der Waals surface area contributed by atoms with Gasteiger partial charge in [0.25, 0.3) is 0 Å². The molecule has 2 aliphatic carbocycles. The van der Waals surface area contributed by atoms with E-state index in [1.807, 2.05) is 6.08 Å². The molecule has 4 aliphatic rings. The summed E-state index contributed by atoms with van der Waals surface area (Å²) in [4.78, 5) is 5.01. The maximum absolute atomic E-state index is 9.46. The average Bonchev–Trinajstić information content (AvgIpc) is 2.92. The number of para-hydroxylation sites is 3. The van der Waals surface area contributed by atoms with Crippen LogP contribution >= 0.6 is 0 Å². The third-order valence-electron chi connectivity index (χ3n) is 6.89. The maximum Gasteiger partial charge on any atom is 0.117 e. The first-order valence-electron chi connectivity index (χ1n) is 11.9. The van der Waals surface area contributed by atoms with Crippen LogP contribution in [0, 0.1) is 11.3 Å². The van der Waals surface area contributed by atoms with Crippen LogP contribution in [-0.2, 0) is 0 Å². The predicted octanol–water partition coefficient (Wildman–Crippen LogP) is 6.14. The van der Waals surface area contributed by atoms with Crippen molar-refractivity contribution in [1.29, 1.82) is 5.26 Å². The Morgan fingerprint density at radius 2 is 1.56 bits per heavy atom. The van der Waals surface area contributed by atoms with Crippen LogP contribution in [0.2, 0.25) is 0 Å². The standard InChI is InChI=1S/C30H26N4/c31-21-23-20-22(18-19-32-23)25-12-4-5-13-26(25)34-29-16-8-6-14-27(29)33(24-10-2-1-3-11-24)28-15-7-9-17-30(28)34/h1-2,4-10,12-18,20,27,29,32H,3,11,19H2. The number of anilines is 3. The lowest BCUT2D eigenvalue weighted by Gasteiger charge is -2.50. The highest BCUT2D eigenvalue weighted by Crippen LogP contribution is 2.48. The van der Waals surface area contributed by atoms with Crippen LogP contribution in [0.25, 0.3) is 5.57 Å². The molecule has 4 nitrogen and oxygen atoms in total.